The van der Waals surface area contributed by atoms with E-state index in [1.807, 2.05) is 36.5 Å². The first-order valence-corrected chi connectivity index (χ1v) is 11.8. The molecular formula is C23H24N4O4S. The van der Waals surface area contributed by atoms with Gasteiger partial charge in [0.1, 0.15) is 0 Å². The Balaban J connectivity index is 1.35. The number of carbonyl (C=O) groups is 2. The van der Waals surface area contributed by atoms with Crippen LogP contribution in [0.3, 0.4) is 0 Å². The largest absolute Gasteiger partial charge is 0.340 e. The molecule has 8 nitrogen and oxygen atoms in total. The van der Waals surface area contributed by atoms with Crippen molar-refractivity contribution >= 4 is 21.7 Å². The van der Waals surface area contributed by atoms with E-state index in [9.17, 15) is 18.0 Å². The number of para-hydroxylation sites is 1. The summed E-state index contributed by atoms with van der Waals surface area (Å²) in [6.07, 6.45) is 3.72. The fourth-order valence-electron chi connectivity index (χ4n) is 3.65. The van der Waals surface area contributed by atoms with E-state index >= 15 is 0 Å². The summed E-state index contributed by atoms with van der Waals surface area (Å²) in [6, 6.07) is 15.6. The Bertz CT molecular complexity index is 1210. The summed E-state index contributed by atoms with van der Waals surface area (Å²) in [5, 5.41) is 4.32. The van der Waals surface area contributed by atoms with Crippen molar-refractivity contribution in [3.05, 3.63) is 78.1 Å². The van der Waals surface area contributed by atoms with Gasteiger partial charge < -0.3 is 4.90 Å². The van der Waals surface area contributed by atoms with Gasteiger partial charge in [-0.05, 0) is 36.8 Å². The molecule has 0 unspecified atom stereocenters. The number of piperazine rings is 1. The zero-order valence-corrected chi connectivity index (χ0v) is 18.5. The normalized spacial score (nSPS) is 15.0. The van der Waals surface area contributed by atoms with Crippen LogP contribution in [0.15, 0.2) is 71.9 Å². The third-order valence-electron chi connectivity index (χ3n) is 5.50. The first-order chi connectivity index (χ1) is 15.3. The Morgan fingerprint density at radius 3 is 2.22 bits per heavy atom. The molecule has 3 aromatic rings. The molecule has 1 aliphatic heterocycles. The SMILES string of the molecule is CC(=O)c1ccc(S(=O)(=O)N2CCN(C(=O)Cc3cnn(-c4ccccc4)c3)CC2)cc1. The summed E-state index contributed by atoms with van der Waals surface area (Å²) >= 11 is 0. The molecule has 166 valence electrons. The summed E-state index contributed by atoms with van der Waals surface area (Å²) in [7, 11) is -3.67. The van der Waals surface area contributed by atoms with Crippen LogP contribution in [0.2, 0.25) is 0 Å². The van der Waals surface area contributed by atoms with Crippen LogP contribution in [-0.4, -0.2) is 65.3 Å². The Morgan fingerprint density at radius 2 is 1.59 bits per heavy atom. The summed E-state index contributed by atoms with van der Waals surface area (Å²) < 4.78 is 28.9. The van der Waals surface area contributed by atoms with Crippen LogP contribution in [0, 0.1) is 0 Å². The maximum Gasteiger partial charge on any atom is 0.243 e. The number of sulfonamides is 1. The van der Waals surface area contributed by atoms with Crippen LogP contribution in [0.1, 0.15) is 22.8 Å². The molecule has 1 amide bonds. The van der Waals surface area contributed by atoms with Crippen LogP contribution in [0.4, 0.5) is 0 Å². The molecule has 0 radical (unpaired) electrons. The zero-order valence-electron chi connectivity index (χ0n) is 17.7. The van der Waals surface area contributed by atoms with Crippen molar-refractivity contribution in [2.75, 3.05) is 26.2 Å². The second-order valence-electron chi connectivity index (χ2n) is 7.67. The number of hydrogen-bond donors (Lipinski definition) is 0. The number of benzene rings is 2. The van der Waals surface area contributed by atoms with E-state index in [2.05, 4.69) is 5.10 Å². The standard InChI is InChI=1S/C23H24N4O4S/c1-18(28)20-7-9-22(10-8-20)32(30,31)26-13-11-25(12-14-26)23(29)15-19-16-24-27(17-19)21-5-3-2-4-6-21/h2-10,16-17H,11-15H2,1H3. The molecule has 0 aliphatic carbocycles. The summed E-state index contributed by atoms with van der Waals surface area (Å²) in [5.41, 5.74) is 2.19. The topological polar surface area (TPSA) is 92.6 Å². The van der Waals surface area contributed by atoms with E-state index in [4.69, 9.17) is 0 Å². The lowest BCUT2D eigenvalue weighted by Crippen LogP contribution is -2.50. The Kier molecular flexibility index (Phi) is 6.20. The van der Waals surface area contributed by atoms with Gasteiger partial charge in [0, 0.05) is 37.9 Å². The monoisotopic (exact) mass is 452 g/mol. The third-order valence-corrected chi connectivity index (χ3v) is 7.41. The molecule has 0 bridgehead atoms. The third kappa shape index (κ3) is 4.63. The van der Waals surface area contributed by atoms with E-state index in [1.165, 1.54) is 35.5 Å². The van der Waals surface area contributed by atoms with Crippen LogP contribution < -0.4 is 0 Å². The maximum atomic E-state index is 12.9. The number of hydrogen-bond acceptors (Lipinski definition) is 5. The van der Waals surface area contributed by atoms with Crippen molar-refractivity contribution in [2.45, 2.75) is 18.2 Å². The maximum absolute atomic E-state index is 12.9. The lowest BCUT2D eigenvalue weighted by Gasteiger charge is -2.34. The molecule has 0 N–H and O–H groups in total. The second kappa shape index (κ2) is 9.05. The van der Waals surface area contributed by atoms with Crippen molar-refractivity contribution in [3.8, 4) is 5.69 Å². The number of nitrogens with zero attached hydrogens (tertiary/aromatic N) is 4. The Morgan fingerprint density at radius 1 is 0.938 bits per heavy atom. The predicted octanol–water partition coefficient (Wildman–Crippen LogP) is 2.15. The molecule has 0 atom stereocenters. The van der Waals surface area contributed by atoms with Crippen LogP contribution in [-0.2, 0) is 21.2 Å². The highest BCUT2D eigenvalue weighted by atomic mass is 32.2. The van der Waals surface area contributed by atoms with E-state index in [1.54, 1.807) is 15.8 Å². The molecule has 2 aromatic carbocycles. The lowest BCUT2D eigenvalue weighted by molar-refractivity contribution is -0.131. The molecule has 1 aliphatic rings. The molecule has 1 fully saturated rings. The van der Waals surface area contributed by atoms with E-state index < -0.39 is 10.0 Å². The second-order valence-corrected chi connectivity index (χ2v) is 9.61. The van der Waals surface area contributed by atoms with Gasteiger partial charge in [-0.3, -0.25) is 9.59 Å². The van der Waals surface area contributed by atoms with Gasteiger partial charge in [-0.25, -0.2) is 13.1 Å². The predicted molar refractivity (Wildman–Crippen MR) is 119 cm³/mol. The number of amides is 1. The van der Waals surface area contributed by atoms with Gasteiger partial charge >= 0.3 is 0 Å². The summed E-state index contributed by atoms with van der Waals surface area (Å²) in [4.78, 5) is 26.0. The number of rotatable bonds is 6. The molecule has 0 spiro atoms. The quantitative estimate of drug-likeness (QED) is 0.535. The first kappa shape index (κ1) is 21.9. The first-order valence-electron chi connectivity index (χ1n) is 10.3. The van der Waals surface area contributed by atoms with Crippen molar-refractivity contribution in [3.63, 3.8) is 0 Å². The average Bonchev–Trinajstić information content (AvgIpc) is 3.28. The van der Waals surface area contributed by atoms with E-state index in [0.29, 0.717) is 18.7 Å². The van der Waals surface area contributed by atoms with Gasteiger partial charge in [0.15, 0.2) is 5.78 Å². The van der Waals surface area contributed by atoms with Crippen LogP contribution in [0.5, 0.6) is 0 Å². The number of ketones is 1. The molecule has 0 saturated carbocycles. The highest BCUT2D eigenvalue weighted by molar-refractivity contribution is 7.89. The molecule has 1 aromatic heterocycles. The molecular weight excluding hydrogens is 428 g/mol. The number of Topliss-reactive ketones (excluding diaryl/α,β-unsaturated/α-hetero) is 1. The molecule has 1 saturated heterocycles. The smallest absolute Gasteiger partial charge is 0.243 e. The van der Waals surface area contributed by atoms with Crippen LogP contribution >= 0.6 is 0 Å². The van der Waals surface area contributed by atoms with Gasteiger partial charge in [-0.1, -0.05) is 30.3 Å². The summed E-state index contributed by atoms with van der Waals surface area (Å²) in [5.74, 6) is -0.171. The van der Waals surface area contributed by atoms with Gasteiger partial charge in [0.05, 0.1) is 23.2 Å². The highest BCUT2D eigenvalue weighted by Gasteiger charge is 2.30. The van der Waals surface area contributed by atoms with Gasteiger partial charge in [0.2, 0.25) is 15.9 Å². The fraction of sp³-hybridized carbons (Fsp3) is 0.261. The average molecular weight is 453 g/mol. The molecule has 4 rings (SSSR count). The van der Waals surface area contributed by atoms with Crippen molar-refractivity contribution in [1.29, 1.82) is 0 Å². The zero-order chi connectivity index (χ0) is 22.7. The van der Waals surface area contributed by atoms with Gasteiger partial charge in [0.25, 0.3) is 0 Å². The number of carbonyl (C=O) groups excluding carboxylic acids is 2. The van der Waals surface area contributed by atoms with Crippen LogP contribution in [0.25, 0.3) is 5.69 Å². The number of aromatic nitrogens is 2. The summed E-state index contributed by atoms with van der Waals surface area (Å²) in [6.45, 7) is 2.55. The highest BCUT2D eigenvalue weighted by Crippen LogP contribution is 2.19. The lowest BCUT2D eigenvalue weighted by atomic mass is 10.2. The van der Waals surface area contributed by atoms with Crippen molar-refractivity contribution in [2.24, 2.45) is 0 Å². The van der Waals surface area contributed by atoms with Gasteiger partial charge in [-0.15, -0.1) is 0 Å². The minimum atomic E-state index is -3.67. The molecule has 2 heterocycles. The fourth-order valence-corrected chi connectivity index (χ4v) is 5.07. The van der Waals surface area contributed by atoms with Crippen molar-refractivity contribution in [1.82, 2.24) is 19.0 Å². The Hall–Kier alpha value is -3.30. The minimum absolute atomic E-state index is 0.0551. The van der Waals surface area contributed by atoms with Crippen molar-refractivity contribution < 1.29 is 18.0 Å². The molecule has 9 heteroatoms. The van der Waals surface area contributed by atoms with Gasteiger partial charge in [-0.2, -0.15) is 9.40 Å². The van der Waals surface area contributed by atoms with E-state index in [0.717, 1.165) is 11.3 Å². The van der Waals surface area contributed by atoms with E-state index in [-0.39, 0.29) is 36.1 Å². The Labute approximate surface area is 187 Å². The molecule has 32 heavy (non-hydrogen) atoms. The minimum Gasteiger partial charge on any atom is -0.340 e.